The first kappa shape index (κ1) is 15.5. The molecule has 19 heavy (non-hydrogen) atoms. The van der Waals surface area contributed by atoms with Crippen LogP contribution < -0.4 is 10.1 Å². The molecule has 0 aliphatic heterocycles. The lowest BCUT2D eigenvalue weighted by Gasteiger charge is -2.23. The number of ether oxygens (including phenoxy) is 1. The van der Waals surface area contributed by atoms with Crippen LogP contribution in [0, 0.1) is 0 Å². The lowest BCUT2D eigenvalue weighted by molar-refractivity contribution is -0.132. The highest BCUT2D eigenvalue weighted by atomic mass is 16.5. The summed E-state index contributed by atoms with van der Waals surface area (Å²) in [5, 5.41) is 3.25. The van der Waals surface area contributed by atoms with Gasteiger partial charge in [-0.15, -0.1) is 0 Å². The molecule has 1 atom stereocenters. The Bertz CT molecular complexity index is 403. The molecule has 0 radical (unpaired) electrons. The molecular weight excluding hydrogens is 240 g/mol. The molecule has 0 saturated carbocycles. The first-order valence-electron chi connectivity index (χ1n) is 6.78. The van der Waals surface area contributed by atoms with Crippen LogP contribution in [0.25, 0.3) is 0 Å². The largest absolute Gasteiger partial charge is 0.496 e. The smallest absolute Gasteiger partial charge is 0.239 e. The van der Waals surface area contributed by atoms with E-state index in [9.17, 15) is 4.79 Å². The van der Waals surface area contributed by atoms with E-state index in [0.29, 0.717) is 6.54 Å². The molecule has 0 heterocycles. The average Bonchev–Trinajstić information content (AvgIpc) is 2.46. The Labute approximate surface area is 115 Å². The number of amides is 1. The van der Waals surface area contributed by atoms with Gasteiger partial charge in [-0.3, -0.25) is 4.79 Å². The quantitative estimate of drug-likeness (QED) is 0.819. The van der Waals surface area contributed by atoms with Crippen LogP contribution in [0.15, 0.2) is 24.3 Å². The summed E-state index contributed by atoms with van der Waals surface area (Å²) < 4.78 is 5.29. The van der Waals surface area contributed by atoms with Crippen molar-refractivity contribution < 1.29 is 9.53 Å². The van der Waals surface area contributed by atoms with E-state index in [-0.39, 0.29) is 11.9 Å². The summed E-state index contributed by atoms with van der Waals surface area (Å²) in [7, 11) is 1.66. The third-order valence-electron chi connectivity index (χ3n) is 3.24. The Hall–Kier alpha value is -1.55. The second-order valence-corrected chi connectivity index (χ2v) is 4.42. The Balaban J connectivity index is 2.58. The fourth-order valence-electron chi connectivity index (χ4n) is 2.01. The molecule has 1 aromatic carbocycles. The van der Waals surface area contributed by atoms with Gasteiger partial charge in [-0.1, -0.05) is 18.2 Å². The number of benzene rings is 1. The van der Waals surface area contributed by atoms with Crippen molar-refractivity contribution in [2.75, 3.05) is 20.2 Å². The lowest BCUT2D eigenvalue weighted by Crippen LogP contribution is -2.44. The maximum absolute atomic E-state index is 12.1. The number of carbonyl (C=O) groups is 1. The summed E-state index contributed by atoms with van der Waals surface area (Å²) in [5.74, 6) is 0.984. The fourth-order valence-corrected chi connectivity index (χ4v) is 2.01. The number of para-hydroxylation sites is 1. The minimum absolute atomic E-state index is 0.139. The van der Waals surface area contributed by atoms with Crippen molar-refractivity contribution in [2.24, 2.45) is 0 Å². The number of hydrogen-bond donors (Lipinski definition) is 1. The van der Waals surface area contributed by atoms with Crippen LogP contribution in [0.4, 0.5) is 0 Å². The van der Waals surface area contributed by atoms with Gasteiger partial charge in [-0.25, -0.2) is 0 Å². The minimum atomic E-state index is -0.190. The van der Waals surface area contributed by atoms with Crippen molar-refractivity contribution in [3.05, 3.63) is 29.8 Å². The zero-order valence-corrected chi connectivity index (χ0v) is 12.3. The van der Waals surface area contributed by atoms with Crippen LogP contribution in [0.2, 0.25) is 0 Å². The van der Waals surface area contributed by atoms with Crippen LogP contribution in [-0.4, -0.2) is 37.0 Å². The highest BCUT2D eigenvalue weighted by Gasteiger charge is 2.17. The number of carbonyl (C=O) groups excluding carboxylic acids is 1. The third kappa shape index (κ3) is 4.24. The Morgan fingerprint density at radius 3 is 2.53 bits per heavy atom. The molecule has 0 aromatic heterocycles. The fraction of sp³-hybridized carbons (Fsp3) is 0.533. The third-order valence-corrected chi connectivity index (χ3v) is 3.24. The van der Waals surface area contributed by atoms with Gasteiger partial charge in [0, 0.05) is 25.2 Å². The molecule has 1 N–H and O–H groups in total. The van der Waals surface area contributed by atoms with E-state index < -0.39 is 0 Å². The van der Waals surface area contributed by atoms with Gasteiger partial charge >= 0.3 is 0 Å². The molecule has 4 heteroatoms. The number of nitrogens with one attached hydrogen (secondary N) is 1. The lowest BCUT2D eigenvalue weighted by atomic mass is 10.2. The summed E-state index contributed by atoms with van der Waals surface area (Å²) in [6, 6.07) is 7.64. The van der Waals surface area contributed by atoms with Crippen molar-refractivity contribution in [3.63, 3.8) is 0 Å². The Morgan fingerprint density at radius 1 is 1.32 bits per heavy atom. The predicted octanol–water partition coefficient (Wildman–Crippen LogP) is 2.04. The zero-order chi connectivity index (χ0) is 14.3. The SMILES string of the molecule is CCN(CC)C(=O)C(C)NCc1ccccc1OC. The van der Waals surface area contributed by atoms with Gasteiger partial charge in [0.05, 0.1) is 13.2 Å². The van der Waals surface area contributed by atoms with Gasteiger partial charge < -0.3 is 15.0 Å². The molecule has 0 aliphatic carbocycles. The first-order valence-corrected chi connectivity index (χ1v) is 6.78. The molecule has 1 unspecified atom stereocenters. The average molecular weight is 264 g/mol. The van der Waals surface area contributed by atoms with Crippen LogP contribution in [0.3, 0.4) is 0 Å². The van der Waals surface area contributed by atoms with Gasteiger partial charge in [-0.2, -0.15) is 0 Å². The van der Waals surface area contributed by atoms with E-state index in [1.54, 1.807) is 7.11 Å². The van der Waals surface area contributed by atoms with Gasteiger partial charge in [-0.05, 0) is 26.8 Å². The number of methoxy groups -OCH3 is 1. The maximum atomic E-state index is 12.1. The highest BCUT2D eigenvalue weighted by Crippen LogP contribution is 2.16. The van der Waals surface area contributed by atoms with E-state index in [4.69, 9.17) is 4.74 Å². The van der Waals surface area contributed by atoms with Gasteiger partial charge in [0.2, 0.25) is 5.91 Å². The predicted molar refractivity (Wildman–Crippen MR) is 77.2 cm³/mol. The molecule has 1 rings (SSSR count). The van der Waals surface area contributed by atoms with E-state index >= 15 is 0 Å². The number of hydrogen-bond acceptors (Lipinski definition) is 3. The molecule has 0 saturated heterocycles. The van der Waals surface area contributed by atoms with Crippen molar-refractivity contribution in [1.29, 1.82) is 0 Å². The van der Waals surface area contributed by atoms with Crippen molar-refractivity contribution in [2.45, 2.75) is 33.4 Å². The van der Waals surface area contributed by atoms with Gasteiger partial charge in [0.25, 0.3) is 0 Å². The molecule has 1 aromatic rings. The monoisotopic (exact) mass is 264 g/mol. The standard InChI is InChI=1S/C15H24N2O2/c1-5-17(6-2)15(18)12(3)16-11-13-9-7-8-10-14(13)19-4/h7-10,12,16H,5-6,11H2,1-4H3. The highest BCUT2D eigenvalue weighted by molar-refractivity contribution is 5.81. The molecule has 0 fully saturated rings. The van der Waals surface area contributed by atoms with Crippen LogP contribution >= 0.6 is 0 Å². The summed E-state index contributed by atoms with van der Waals surface area (Å²) >= 11 is 0. The van der Waals surface area contributed by atoms with Gasteiger partial charge in [0.15, 0.2) is 0 Å². The molecule has 0 aliphatic rings. The molecule has 0 spiro atoms. The van der Waals surface area contributed by atoms with Crippen molar-refractivity contribution in [1.82, 2.24) is 10.2 Å². The van der Waals surface area contributed by atoms with E-state index in [1.165, 1.54) is 0 Å². The summed E-state index contributed by atoms with van der Waals surface area (Å²) in [5.41, 5.74) is 1.06. The van der Waals surface area contributed by atoms with E-state index in [0.717, 1.165) is 24.4 Å². The molecular formula is C15H24N2O2. The maximum Gasteiger partial charge on any atom is 0.239 e. The van der Waals surface area contributed by atoms with Gasteiger partial charge in [0.1, 0.15) is 5.75 Å². The number of nitrogens with zero attached hydrogens (tertiary/aromatic N) is 1. The van der Waals surface area contributed by atoms with Crippen LogP contribution in [-0.2, 0) is 11.3 Å². The first-order chi connectivity index (χ1) is 9.13. The minimum Gasteiger partial charge on any atom is -0.496 e. The normalized spacial score (nSPS) is 12.0. The number of rotatable bonds is 7. The molecule has 0 bridgehead atoms. The topological polar surface area (TPSA) is 41.6 Å². The second-order valence-electron chi connectivity index (χ2n) is 4.42. The second kappa shape index (κ2) is 7.79. The van der Waals surface area contributed by atoms with Crippen molar-refractivity contribution >= 4 is 5.91 Å². The van der Waals surface area contributed by atoms with Crippen LogP contribution in [0.1, 0.15) is 26.3 Å². The Morgan fingerprint density at radius 2 is 1.95 bits per heavy atom. The van der Waals surface area contributed by atoms with Crippen LogP contribution in [0.5, 0.6) is 5.75 Å². The molecule has 106 valence electrons. The number of likely N-dealkylation sites (N-methyl/N-ethyl adjacent to an activating group) is 1. The molecule has 4 nitrogen and oxygen atoms in total. The van der Waals surface area contributed by atoms with E-state index in [2.05, 4.69) is 5.32 Å². The summed E-state index contributed by atoms with van der Waals surface area (Å²) in [6.45, 7) is 8.00. The van der Waals surface area contributed by atoms with Crippen molar-refractivity contribution in [3.8, 4) is 5.75 Å². The summed E-state index contributed by atoms with van der Waals surface area (Å²) in [4.78, 5) is 13.9. The van der Waals surface area contributed by atoms with E-state index in [1.807, 2.05) is 49.9 Å². The zero-order valence-electron chi connectivity index (χ0n) is 12.3. The summed E-state index contributed by atoms with van der Waals surface area (Å²) in [6.07, 6.45) is 0. The molecule has 1 amide bonds. The Kier molecular flexibility index (Phi) is 6.36.